The van der Waals surface area contributed by atoms with Crippen LogP contribution in [0.4, 0.5) is 0 Å². The molecule has 0 aromatic heterocycles. The number of azide groups is 1. The first-order valence-electron chi connectivity index (χ1n) is 4.38. The van der Waals surface area contributed by atoms with Gasteiger partial charge in [0, 0.05) is 9.43 Å². The largest absolute Gasteiger partial charge is 0.264 e. The van der Waals surface area contributed by atoms with Crippen LogP contribution in [-0.2, 0) is 10.0 Å². The Bertz CT molecular complexity index is 485. The highest BCUT2D eigenvalue weighted by atomic mass is 32.2. The highest BCUT2D eigenvalue weighted by molar-refractivity contribution is 7.90. The van der Waals surface area contributed by atoms with Crippen molar-refractivity contribution in [2.45, 2.75) is 24.7 Å². The van der Waals surface area contributed by atoms with Crippen molar-refractivity contribution in [1.82, 2.24) is 0 Å². The normalized spacial score (nSPS) is 11.1. The van der Waals surface area contributed by atoms with Crippen molar-refractivity contribution in [1.29, 1.82) is 0 Å². The van der Waals surface area contributed by atoms with Crippen LogP contribution in [0.1, 0.15) is 25.3 Å². The minimum atomic E-state index is -3.84. The average Bonchev–Trinajstić information content (AvgIpc) is 2.18. The average molecular weight is 225 g/mol. The van der Waals surface area contributed by atoms with Crippen LogP contribution in [0.5, 0.6) is 0 Å². The van der Waals surface area contributed by atoms with Crippen LogP contribution in [0, 0.1) is 0 Å². The van der Waals surface area contributed by atoms with Crippen LogP contribution < -0.4 is 0 Å². The van der Waals surface area contributed by atoms with Crippen molar-refractivity contribution < 1.29 is 8.42 Å². The third-order valence-corrected chi connectivity index (χ3v) is 3.14. The minimum absolute atomic E-state index is 0.0182. The zero-order valence-electron chi connectivity index (χ0n) is 8.45. The van der Waals surface area contributed by atoms with E-state index in [1.165, 1.54) is 12.1 Å². The molecule has 0 spiro atoms. The topological polar surface area (TPSA) is 82.9 Å². The second-order valence-electron chi connectivity index (χ2n) is 3.37. The fraction of sp³-hybridized carbons (Fsp3) is 0.333. The van der Waals surface area contributed by atoms with Crippen LogP contribution >= 0.6 is 0 Å². The van der Waals surface area contributed by atoms with E-state index in [-0.39, 0.29) is 4.90 Å². The van der Waals surface area contributed by atoms with Gasteiger partial charge in [0.15, 0.2) is 0 Å². The smallest absolute Gasteiger partial charge is 0.216 e. The third-order valence-electron chi connectivity index (χ3n) is 1.99. The molecule has 15 heavy (non-hydrogen) atoms. The summed E-state index contributed by atoms with van der Waals surface area (Å²) in [5, 5.41) is 0. The maximum atomic E-state index is 11.3. The van der Waals surface area contributed by atoms with Gasteiger partial charge in [-0.2, -0.15) is 0 Å². The monoisotopic (exact) mass is 225 g/mol. The summed E-state index contributed by atoms with van der Waals surface area (Å²) >= 11 is 0. The van der Waals surface area contributed by atoms with E-state index in [2.05, 4.69) is 9.43 Å². The molecule has 0 saturated heterocycles. The third kappa shape index (κ3) is 2.71. The van der Waals surface area contributed by atoms with Crippen molar-refractivity contribution in [2.24, 2.45) is 4.52 Å². The Morgan fingerprint density at radius 3 is 2.20 bits per heavy atom. The number of rotatable bonds is 3. The van der Waals surface area contributed by atoms with Gasteiger partial charge in [-0.25, -0.2) is 8.42 Å². The molecule has 1 aromatic rings. The van der Waals surface area contributed by atoms with E-state index in [1.54, 1.807) is 12.1 Å². The second kappa shape index (κ2) is 4.33. The zero-order valence-corrected chi connectivity index (χ0v) is 9.27. The fourth-order valence-electron chi connectivity index (χ4n) is 1.12. The van der Waals surface area contributed by atoms with Crippen molar-refractivity contribution in [3.8, 4) is 0 Å². The molecule has 0 unspecified atom stereocenters. The summed E-state index contributed by atoms with van der Waals surface area (Å²) in [4.78, 5) is 2.30. The summed E-state index contributed by atoms with van der Waals surface area (Å²) in [6, 6.07) is 6.31. The van der Waals surface area contributed by atoms with E-state index in [9.17, 15) is 8.42 Å². The summed E-state index contributed by atoms with van der Waals surface area (Å²) in [5.74, 6) is 0.334. The molecule has 0 aliphatic carbocycles. The number of sulfonamides is 1. The maximum absolute atomic E-state index is 11.3. The first-order valence-corrected chi connectivity index (χ1v) is 5.82. The molecule has 0 radical (unpaired) electrons. The molecule has 1 rings (SSSR count). The maximum Gasteiger partial charge on any atom is 0.264 e. The molecule has 5 nitrogen and oxygen atoms in total. The van der Waals surface area contributed by atoms with Crippen molar-refractivity contribution in [3.63, 3.8) is 0 Å². The Morgan fingerprint density at radius 2 is 1.80 bits per heavy atom. The molecule has 0 aliphatic heterocycles. The van der Waals surface area contributed by atoms with Crippen molar-refractivity contribution >= 4 is 10.0 Å². The SMILES string of the molecule is CC(C)c1ccc(S(=O)(=O)N=[N+]=[N-])cc1. The molecule has 0 saturated carbocycles. The van der Waals surface area contributed by atoms with Gasteiger partial charge >= 0.3 is 0 Å². The Morgan fingerprint density at radius 1 is 1.27 bits per heavy atom. The molecule has 0 bridgehead atoms. The van der Waals surface area contributed by atoms with Crippen molar-refractivity contribution in [2.75, 3.05) is 0 Å². The minimum Gasteiger partial charge on any atom is -0.216 e. The highest BCUT2D eigenvalue weighted by Crippen LogP contribution is 2.18. The lowest BCUT2D eigenvalue weighted by atomic mass is 10.0. The Hall–Kier alpha value is -1.52. The van der Waals surface area contributed by atoms with Crippen LogP contribution in [0.3, 0.4) is 0 Å². The van der Waals surface area contributed by atoms with Gasteiger partial charge in [-0.3, -0.25) is 0 Å². The van der Waals surface area contributed by atoms with E-state index >= 15 is 0 Å². The van der Waals surface area contributed by atoms with Gasteiger partial charge < -0.3 is 0 Å². The predicted molar refractivity (Wildman–Crippen MR) is 56.9 cm³/mol. The van der Waals surface area contributed by atoms with E-state index in [0.717, 1.165) is 5.56 Å². The molecule has 1 aromatic carbocycles. The lowest BCUT2D eigenvalue weighted by molar-refractivity contribution is 0.597. The van der Waals surface area contributed by atoms with Gasteiger partial charge in [-0.15, -0.1) is 0 Å². The van der Waals surface area contributed by atoms with Gasteiger partial charge in [0.1, 0.15) is 0 Å². The van der Waals surface area contributed by atoms with Crippen LogP contribution in [0.15, 0.2) is 33.7 Å². The van der Waals surface area contributed by atoms with E-state index < -0.39 is 10.0 Å². The summed E-state index contributed by atoms with van der Waals surface area (Å²) in [7, 11) is -3.84. The zero-order chi connectivity index (χ0) is 11.5. The van der Waals surface area contributed by atoms with Gasteiger partial charge in [0.05, 0.1) is 4.90 Å². The molecule has 0 amide bonds. The Labute approximate surface area is 88.4 Å². The van der Waals surface area contributed by atoms with Gasteiger partial charge in [0.2, 0.25) is 0 Å². The quantitative estimate of drug-likeness (QED) is 0.450. The molecule has 0 fully saturated rings. The molecule has 0 atom stereocenters. The standard InChI is InChI=1S/C9H11N3O2S/c1-7(2)8-3-5-9(6-4-8)15(13,14)12-11-10/h3-7H,1-2H3. The first kappa shape index (κ1) is 11.6. The number of hydrogen-bond donors (Lipinski definition) is 0. The second-order valence-corrected chi connectivity index (χ2v) is 4.95. The van der Waals surface area contributed by atoms with Crippen LogP contribution in [0.2, 0.25) is 0 Å². The number of hydrogen-bond acceptors (Lipinski definition) is 2. The molecular formula is C9H11N3O2S. The predicted octanol–water partition coefficient (Wildman–Crippen LogP) is 2.81. The van der Waals surface area contributed by atoms with Gasteiger partial charge in [-0.1, -0.05) is 26.0 Å². The molecule has 80 valence electrons. The highest BCUT2D eigenvalue weighted by Gasteiger charge is 2.11. The molecule has 0 heterocycles. The lowest BCUT2D eigenvalue weighted by Crippen LogP contribution is -1.96. The summed E-state index contributed by atoms with van der Waals surface area (Å²) in [5.41, 5.74) is 9.12. The molecule has 0 N–H and O–H groups in total. The van der Waals surface area contributed by atoms with E-state index in [1.807, 2.05) is 13.8 Å². The molecule has 6 heteroatoms. The van der Waals surface area contributed by atoms with Crippen molar-refractivity contribution in [3.05, 3.63) is 40.3 Å². The summed E-state index contributed by atoms with van der Waals surface area (Å²) < 4.78 is 25.3. The number of nitrogens with zero attached hydrogens (tertiary/aromatic N) is 3. The fourth-order valence-corrected chi connectivity index (χ4v) is 1.79. The van der Waals surface area contributed by atoms with Crippen LogP contribution in [-0.4, -0.2) is 8.42 Å². The summed E-state index contributed by atoms with van der Waals surface area (Å²) in [6.45, 7) is 4.02. The molecular weight excluding hydrogens is 214 g/mol. The van der Waals surface area contributed by atoms with Gasteiger partial charge in [-0.05, 0) is 29.1 Å². The Kier molecular flexibility index (Phi) is 3.34. The summed E-state index contributed by atoms with van der Waals surface area (Å²) in [6.07, 6.45) is 0. The number of benzene rings is 1. The van der Waals surface area contributed by atoms with E-state index in [0.29, 0.717) is 5.92 Å². The molecule has 0 aliphatic rings. The lowest BCUT2D eigenvalue weighted by Gasteiger charge is -2.05. The first-order chi connectivity index (χ1) is 6.97. The van der Waals surface area contributed by atoms with Gasteiger partial charge in [0.25, 0.3) is 10.0 Å². The van der Waals surface area contributed by atoms with Crippen LogP contribution in [0.25, 0.3) is 10.4 Å². The van der Waals surface area contributed by atoms with E-state index in [4.69, 9.17) is 5.53 Å². The Balaban J connectivity index is 3.15.